The number of esters is 1. The van der Waals surface area contributed by atoms with Crippen molar-refractivity contribution in [1.29, 1.82) is 0 Å². The van der Waals surface area contributed by atoms with Crippen molar-refractivity contribution in [1.82, 2.24) is 4.98 Å². The van der Waals surface area contributed by atoms with E-state index in [9.17, 15) is 9.90 Å². The minimum absolute atomic E-state index is 0.0144. The molecule has 102 valence electrons. The van der Waals surface area contributed by atoms with Crippen LogP contribution in [0.15, 0.2) is 40.7 Å². The zero-order valence-electron chi connectivity index (χ0n) is 11.5. The zero-order valence-corrected chi connectivity index (χ0v) is 11.5. The molecule has 5 nitrogen and oxygen atoms in total. The number of aliphatic hydroxyl groups excluding tert-OH is 1. The maximum absolute atomic E-state index is 11.9. The van der Waals surface area contributed by atoms with Gasteiger partial charge in [0.25, 0.3) is 0 Å². The van der Waals surface area contributed by atoms with Crippen LogP contribution >= 0.6 is 0 Å². The average Bonchev–Trinajstić information content (AvgIpc) is 2.27. The molecular weight excluding hydrogens is 244 g/mol. The molecule has 0 saturated heterocycles. The molecule has 1 aromatic rings. The fourth-order valence-corrected chi connectivity index (χ4v) is 1.19. The third kappa shape index (κ3) is 5.33. The monoisotopic (exact) mass is 262 g/mol. The number of aliphatic imine (C=N–C) groups is 1. The summed E-state index contributed by atoms with van der Waals surface area (Å²) in [5.74, 6) is -0.314. The van der Waals surface area contributed by atoms with Gasteiger partial charge in [-0.2, -0.15) is 0 Å². The smallest absolute Gasteiger partial charge is 0.343 e. The molecule has 1 heterocycles. The summed E-state index contributed by atoms with van der Waals surface area (Å²) in [5, 5.41) is 9.52. The van der Waals surface area contributed by atoms with Crippen LogP contribution in [0.3, 0.4) is 0 Å². The Bertz CT molecular complexity index is 495. The van der Waals surface area contributed by atoms with Gasteiger partial charge < -0.3 is 9.84 Å². The van der Waals surface area contributed by atoms with Crippen molar-refractivity contribution in [3.8, 4) is 0 Å². The Morgan fingerprint density at radius 1 is 1.42 bits per heavy atom. The third-order valence-electron chi connectivity index (χ3n) is 1.98. The summed E-state index contributed by atoms with van der Waals surface area (Å²) < 4.78 is 5.18. The van der Waals surface area contributed by atoms with Gasteiger partial charge in [0.1, 0.15) is 16.9 Å². The number of carbonyl (C=O) groups excluding carboxylic acids is 1. The molecule has 0 aromatic carbocycles. The van der Waals surface area contributed by atoms with E-state index in [2.05, 4.69) is 9.98 Å². The second kappa shape index (κ2) is 6.13. The summed E-state index contributed by atoms with van der Waals surface area (Å²) in [6, 6.07) is 5.24. The highest BCUT2D eigenvalue weighted by Crippen LogP contribution is 2.13. The summed E-state index contributed by atoms with van der Waals surface area (Å²) >= 11 is 0. The van der Waals surface area contributed by atoms with E-state index in [1.165, 1.54) is 13.1 Å². The molecule has 0 atom stereocenters. The number of ether oxygens (including phenoxy) is 1. The van der Waals surface area contributed by atoms with E-state index in [1.807, 2.05) is 0 Å². The van der Waals surface area contributed by atoms with Gasteiger partial charge in [-0.25, -0.2) is 14.8 Å². The topological polar surface area (TPSA) is 71.8 Å². The summed E-state index contributed by atoms with van der Waals surface area (Å²) in [6.07, 6.45) is 2.85. The van der Waals surface area contributed by atoms with Gasteiger partial charge >= 0.3 is 5.97 Å². The molecule has 1 N–H and O–H groups in total. The van der Waals surface area contributed by atoms with Gasteiger partial charge in [-0.15, -0.1) is 0 Å². The van der Waals surface area contributed by atoms with Gasteiger partial charge in [0.2, 0.25) is 0 Å². The van der Waals surface area contributed by atoms with E-state index in [0.717, 1.165) is 0 Å². The molecule has 0 radical (unpaired) electrons. The van der Waals surface area contributed by atoms with Crippen LogP contribution in [-0.2, 0) is 9.53 Å². The minimum atomic E-state index is -0.628. The number of hydrogen-bond donors (Lipinski definition) is 1. The van der Waals surface area contributed by atoms with E-state index in [1.54, 1.807) is 45.2 Å². The zero-order chi connectivity index (χ0) is 14.5. The minimum Gasteiger partial charge on any atom is -0.512 e. The Morgan fingerprint density at radius 3 is 2.58 bits per heavy atom. The standard InChI is InChI=1S/C14H18N2O3/c1-10(17)11(13(18)19-14(2,3)4)9-16-12-7-5-6-8-15-12/h5-9,17H,1-4H3/b11-10-,16-9+. The molecule has 0 unspecified atom stereocenters. The molecule has 1 rings (SSSR count). The second-order valence-corrected chi connectivity index (χ2v) is 4.95. The van der Waals surface area contributed by atoms with Crippen molar-refractivity contribution in [2.24, 2.45) is 4.99 Å². The summed E-state index contributed by atoms with van der Waals surface area (Å²) in [6.45, 7) is 6.67. The lowest BCUT2D eigenvalue weighted by atomic mass is 10.2. The van der Waals surface area contributed by atoms with Crippen molar-refractivity contribution < 1.29 is 14.6 Å². The van der Waals surface area contributed by atoms with Crippen molar-refractivity contribution in [3.63, 3.8) is 0 Å². The normalized spacial score (nSPS) is 13.3. The maximum Gasteiger partial charge on any atom is 0.343 e. The highest BCUT2D eigenvalue weighted by molar-refractivity contribution is 6.10. The molecule has 0 aliphatic heterocycles. The van der Waals surface area contributed by atoms with Crippen molar-refractivity contribution >= 4 is 18.0 Å². The molecule has 0 saturated carbocycles. The SMILES string of the molecule is C/C(O)=C(\C=N\c1ccccn1)C(=O)OC(C)(C)C. The predicted octanol–water partition coefficient (Wildman–Crippen LogP) is 2.96. The highest BCUT2D eigenvalue weighted by atomic mass is 16.6. The van der Waals surface area contributed by atoms with Gasteiger partial charge in [0.15, 0.2) is 5.82 Å². The number of nitrogens with zero attached hydrogens (tertiary/aromatic N) is 2. The largest absolute Gasteiger partial charge is 0.512 e. The van der Waals surface area contributed by atoms with Crippen LogP contribution in [0.5, 0.6) is 0 Å². The van der Waals surface area contributed by atoms with Crippen LogP contribution in [0.1, 0.15) is 27.7 Å². The van der Waals surface area contributed by atoms with Gasteiger partial charge in [-0.05, 0) is 39.8 Å². The van der Waals surface area contributed by atoms with E-state index in [4.69, 9.17) is 4.74 Å². The number of pyridine rings is 1. The van der Waals surface area contributed by atoms with E-state index >= 15 is 0 Å². The molecule has 0 spiro atoms. The van der Waals surface area contributed by atoms with Crippen molar-refractivity contribution in [2.45, 2.75) is 33.3 Å². The van der Waals surface area contributed by atoms with Crippen LogP contribution in [0.2, 0.25) is 0 Å². The lowest BCUT2D eigenvalue weighted by Crippen LogP contribution is -2.25. The Labute approximate surface area is 112 Å². The number of aromatic nitrogens is 1. The fraction of sp³-hybridized carbons (Fsp3) is 0.357. The van der Waals surface area contributed by atoms with Gasteiger partial charge in [-0.1, -0.05) is 6.07 Å². The molecule has 19 heavy (non-hydrogen) atoms. The van der Waals surface area contributed by atoms with E-state index < -0.39 is 11.6 Å². The average molecular weight is 262 g/mol. The highest BCUT2D eigenvalue weighted by Gasteiger charge is 2.20. The second-order valence-electron chi connectivity index (χ2n) is 4.95. The maximum atomic E-state index is 11.9. The van der Waals surface area contributed by atoms with Crippen LogP contribution in [0, 0.1) is 0 Å². The van der Waals surface area contributed by atoms with Crippen LogP contribution in [0.25, 0.3) is 0 Å². The molecule has 5 heteroatoms. The quantitative estimate of drug-likeness (QED) is 0.393. The first-order valence-electron chi connectivity index (χ1n) is 5.88. The molecule has 0 aliphatic carbocycles. The number of rotatable bonds is 3. The number of allylic oxidation sites excluding steroid dienone is 1. The Morgan fingerprint density at radius 2 is 2.11 bits per heavy atom. The molecule has 0 fully saturated rings. The molecule has 0 bridgehead atoms. The number of hydrogen-bond acceptors (Lipinski definition) is 5. The third-order valence-corrected chi connectivity index (χ3v) is 1.98. The Hall–Kier alpha value is -2.17. The fourth-order valence-electron chi connectivity index (χ4n) is 1.19. The number of carbonyl (C=O) groups is 1. The van der Waals surface area contributed by atoms with Gasteiger partial charge in [-0.3, -0.25) is 0 Å². The summed E-state index contributed by atoms with van der Waals surface area (Å²) in [5.41, 5.74) is -0.614. The van der Waals surface area contributed by atoms with Gasteiger partial charge in [0.05, 0.1) is 0 Å². The molecule has 1 aromatic heterocycles. The van der Waals surface area contributed by atoms with Crippen molar-refractivity contribution in [3.05, 3.63) is 35.7 Å². The summed E-state index contributed by atoms with van der Waals surface area (Å²) in [4.78, 5) is 19.9. The Balaban J connectivity index is 2.90. The Kier molecular flexibility index (Phi) is 4.80. The van der Waals surface area contributed by atoms with E-state index in [-0.39, 0.29) is 11.3 Å². The van der Waals surface area contributed by atoms with E-state index in [0.29, 0.717) is 5.82 Å². The molecule has 0 amide bonds. The predicted molar refractivity (Wildman–Crippen MR) is 73.6 cm³/mol. The summed E-state index contributed by atoms with van der Waals surface area (Å²) in [7, 11) is 0. The van der Waals surface area contributed by atoms with Crippen LogP contribution in [0.4, 0.5) is 5.82 Å². The first kappa shape index (κ1) is 14.9. The van der Waals surface area contributed by atoms with Gasteiger partial charge in [0, 0.05) is 12.4 Å². The lowest BCUT2D eigenvalue weighted by Gasteiger charge is -2.19. The first-order valence-corrected chi connectivity index (χ1v) is 5.88. The van der Waals surface area contributed by atoms with Crippen molar-refractivity contribution in [2.75, 3.05) is 0 Å². The van der Waals surface area contributed by atoms with Crippen LogP contribution < -0.4 is 0 Å². The first-order chi connectivity index (χ1) is 8.79. The molecular formula is C14H18N2O3. The molecule has 0 aliphatic rings. The lowest BCUT2D eigenvalue weighted by molar-refractivity contribution is -0.149. The van der Waals surface area contributed by atoms with Crippen LogP contribution in [-0.4, -0.2) is 27.9 Å². The number of aliphatic hydroxyl groups is 1.